The second-order valence-electron chi connectivity index (χ2n) is 4.98. The molecule has 0 spiro atoms. The van der Waals surface area contributed by atoms with Crippen molar-refractivity contribution in [2.45, 2.75) is 4.34 Å². The lowest BCUT2D eigenvalue weighted by atomic mass is 10.2. The highest BCUT2D eigenvalue weighted by atomic mass is 32.2. The van der Waals surface area contributed by atoms with Gasteiger partial charge in [-0.1, -0.05) is 53.4 Å². The first-order valence-electron chi connectivity index (χ1n) is 7.56. The molecule has 1 heterocycles. The van der Waals surface area contributed by atoms with Gasteiger partial charge >= 0.3 is 0 Å². The third-order valence-corrected chi connectivity index (χ3v) is 4.87. The Bertz CT molecular complexity index is 899. The predicted octanol–water partition coefficient (Wildman–Crippen LogP) is 3.16. The van der Waals surface area contributed by atoms with Crippen LogP contribution in [0, 0.1) is 0 Å². The van der Waals surface area contributed by atoms with Crippen LogP contribution >= 0.6 is 23.1 Å². The molecule has 0 bridgehead atoms. The van der Waals surface area contributed by atoms with Gasteiger partial charge in [0.2, 0.25) is 5.13 Å². The number of rotatable bonds is 7. The highest BCUT2D eigenvalue weighted by Crippen LogP contribution is 2.23. The number of ether oxygens (including phenoxy) is 1. The summed E-state index contributed by atoms with van der Waals surface area (Å²) in [4.78, 5) is 11.8. The van der Waals surface area contributed by atoms with Crippen LogP contribution in [-0.2, 0) is 4.79 Å². The largest absolute Gasteiger partial charge is 0.457 e. The first kappa shape index (κ1) is 17.9. The molecule has 7 nitrogen and oxygen atoms in total. The maximum absolute atomic E-state index is 11.8. The topological polar surface area (TPSA) is 102 Å². The van der Waals surface area contributed by atoms with E-state index in [1.165, 1.54) is 23.1 Å². The number of nitrogens with zero attached hydrogens (tertiary/aromatic N) is 3. The average molecular weight is 385 g/mol. The van der Waals surface area contributed by atoms with Crippen molar-refractivity contribution in [3.8, 4) is 11.5 Å². The van der Waals surface area contributed by atoms with Crippen LogP contribution in [0.5, 0.6) is 11.5 Å². The molecule has 3 aromatic rings. The maximum atomic E-state index is 11.8. The number of hydrogen-bond acceptors (Lipinski definition) is 8. The van der Waals surface area contributed by atoms with Crippen molar-refractivity contribution in [2.24, 2.45) is 5.10 Å². The Labute approximate surface area is 158 Å². The highest BCUT2D eigenvalue weighted by molar-refractivity contribution is 8.01. The molecule has 0 fully saturated rings. The molecular weight excluding hydrogens is 370 g/mol. The van der Waals surface area contributed by atoms with E-state index >= 15 is 0 Å². The molecule has 1 aromatic heterocycles. The first-order chi connectivity index (χ1) is 12.7. The summed E-state index contributed by atoms with van der Waals surface area (Å²) < 4.78 is 6.41. The number of carbonyl (C=O) groups excluding carboxylic acids is 1. The zero-order valence-electron chi connectivity index (χ0n) is 13.5. The monoisotopic (exact) mass is 385 g/mol. The quantitative estimate of drug-likeness (QED) is 0.368. The second kappa shape index (κ2) is 8.97. The minimum atomic E-state index is -0.239. The molecule has 0 aliphatic rings. The molecule has 0 aliphatic heterocycles. The van der Waals surface area contributed by atoms with Crippen LogP contribution in [0.15, 0.2) is 64.0 Å². The normalized spacial score (nSPS) is 10.8. The SMILES string of the molecule is Nc1nnc(SCC(=O)NN=Cc2cccc(Oc3ccccc3)c2)s1. The van der Waals surface area contributed by atoms with E-state index in [1.807, 2.05) is 54.6 Å². The van der Waals surface area contributed by atoms with Crippen molar-refractivity contribution in [3.63, 3.8) is 0 Å². The highest BCUT2D eigenvalue weighted by Gasteiger charge is 2.06. The number of nitrogens with one attached hydrogen (secondary N) is 1. The van der Waals surface area contributed by atoms with Crippen LogP contribution in [0.2, 0.25) is 0 Å². The van der Waals surface area contributed by atoms with Crippen LogP contribution in [0.25, 0.3) is 0 Å². The first-order valence-corrected chi connectivity index (χ1v) is 9.36. The van der Waals surface area contributed by atoms with E-state index in [-0.39, 0.29) is 11.7 Å². The van der Waals surface area contributed by atoms with Crippen molar-refractivity contribution < 1.29 is 9.53 Å². The number of carbonyl (C=O) groups is 1. The lowest BCUT2D eigenvalue weighted by Gasteiger charge is -2.05. The van der Waals surface area contributed by atoms with Gasteiger partial charge in [0, 0.05) is 0 Å². The molecule has 0 saturated carbocycles. The van der Waals surface area contributed by atoms with Crippen molar-refractivity contribution >= 4 is 40.4 Å². The average Bonchev–Trinajstić information content (AvgIpc) is 3.07. The Morgan fingerprint density at radius 2 is 2.00 bits per heavy atom. The molecule has 3 rings (SSSR count). The molecule has 2 aromatic carbocycles. The molecule has 9 heteroatoms. The van der Waals surface area contributed by atoms with Gasteiger partial charge in [-0.15, -0.1) is 10.2 Å². The predicted molar refractivity (Wildman–Crippen MR) is 104 cm³/mol. The molecular formula is C17H15N5O2S2. The number of nitrogen functional groups attached to an aromatic ring is 1. The molecule has 0 radical (unpaired) electrons. The van der Waals surface area contributed by atoms with Gasteiger partial charge < -0.3 is 10.5 Å². The summed E-state index contributed by atoms with van der Waals surface area (Å²) in [7, 11) is 0. The van der Waals surface area contributed by atoms with Crippen LogP contribution in [-0.4, -0.2) is 28.1 Å². The Hall–Kier alpha value is -2.91. The van der Waals surface area contributed by atoms with Crippen molar-refractivity contribution in [3.05, 3.63) is 60.2 Å². The van der Waals surface area contributed by atoms with Gasteiger partial charge in [0.25, 0.3) is 5.91 Å². The van der Waals surface area contributed by atoms with Crippen LogP contribution in [0.1, 0.15) is 5.56 Å². The smallest absolute Gasteiger partial charge is 0.250 e. The molecule has 132 valence electrons. The van der Waals surface area contributed by atoms with E-state index in [1.54, 1.807) is 6.21 Å². The minimum absolute atomic E-state index is 0.184. The summed E-state index contributed by atoms with van der Waals surface area (Å²) in [6, 6.07) is 16.9. The third-order valence-electron chi connectivity index (χ3n) is 2.99. The van der Waals surface area contributed by atoms with Gasteiger partial charge in [0.05, 0.1) is 12.0 Å². The zero-order chi connectivity index (χ0) is 18.2. The van der Waals surface area contributed by atoms with Crippen molar-refractivity contribution in [1.82, 2.24) is 15.6 Å². The fourth-order valence-corrected chi connectivity index (χ4v) is 3.33. The number of aromatic nitrogens is 2. The number of para-hydroxylation sites is 1. The Morgan fingerprint density at radius 3 is 2.77 bits per heavy atom. The lowest BCUT2D eigenvalue weighted by Crippen LogP contribution is -2.19. The Kier molecular flexibility index (Phi) is 6.18. The molecule has 0 unspecified atom stereocenters. The van der Waals surface area contributed by atoms with Gasteiger partial charge in [0.15, 0.2) is 4.34 Å². The fraction of sp³-hybridized carbons (Fsp3) is 0.0588. The minimum Gasteiger partial charge on any atom is -0.457 e. The zero-order valence-corrected chi connectivity index (χ0v) is 15.2. The van der Waals surface area contributed by atoms with Gasteiger partial charge in [0.1, 0.15) is 11.5 Å². The molecule has 0 saturated heterocycles. The number of thioether (sulfide) groups is 1. The molecule has 3 N–H and O–H groups in total. The summed E-state index contributed by atoms with van der Waals surface area (Å²) in [6.45, 7) is 0. The number of hydrazone groups is 1. The fourth-order valence-electron chi connectivity index (χ4n) is 1.90. The van der Waals surface area contributed by atoms with E-state index in [0.29, 0.717) is 15.2 Å². The number of nitrogens with two attached hydrogens (primary N) is 1. The maximum Gasteiger partial charge on any atom is 0.250 e. The van der Waals surface area contributed by atoms with E-state index in [0.717, 1.165) is 11.3 Å². The Morgan fingerprint density at radius 1 is 1.19 bits per heavy atom. The second-order valence-corrected chi connectivity index (χ2v) is 7.21. The molecule has 1 amide bonds. The summed E-state index contributed by atoms with van der Waals surface area (Å²) in [5.74, 6) is 1.39. The molecule has 0 aliphatic carbocycles. The molecule has 0 atom stereocenters. The van der Waals surface area contributed by atoms with Gasteiger partial charge in [-0.25, -0.2) is 5.43 Å². The third kappa shape index (κ3) is 5.57. The van der Waals surface area contributed by atoms with Crippen LogP contribution in [0.3, 0.4) is 0 Å². The number of benzene rings is 2. The van der Waals surface area contributed by atoms with Gasteiger partial charge in [-0.3, -0.25) is 4.79 Å². The summed E-state index contributed by atoms with van der Waals surface area (Å²) in [6.07, 6.45) is 1.56. The number of hydrogen-bond donors (Lipinski definition) is 2. The van der Waals surface area contributed by atoms with Crippen molar-refractivity contribution in [1.29, 1.82) is 0 Å². The van der Waals surface area contributed by atoms with Crippen LogP contribution < -0.4 is 15.9 Å². The number of anilines is 1. The number of amides is 1. The van der Waals surface area contributed by atoms with Gasteiger partial charge in [-0.2, -0.15) is 5.10 Å². The van der Waals surface area contributed by atoms with E-state index in [4.69, 9.17) is 10.5 Å². The standard InChI is InChI=1S/C17H15N5O2S2/c18-16-21-22-17(26-16)25-11-15(23)20-19-10-12-5-4-8-14(9-12)24-13-6-2-1-3-7-13/h1-10H,11H2,(H2,18,21)(H,20,23). The van der Waals surface area contributed by atoms with E-state index < -0.39 is 0 Å². The van der Waals surface area contributed by atoms with Crippen LogP contribution in [0.4, 0.5) is 5.13 Å². The van der Waals surface area contributed by atoms with Crippen molar-refractivity contribution in [2.75, 3.05) is 11.5 Å². The van der Waals surface area contributed by atoms with Gasteiger partial charge in [-0.05, 0) is 29.8 Å². The van der Waals surface area contributed by atoms with E-state index in [2.05, 4.69) is 20.7 Å². The Balaban J connectivity index is 1.50. The molecule has 26 heavy (non-hydrogen) atoms. The lowest BCUT2D eigenvalue weighted by molar-refractivity contribution is -0.118. The summed E-state index contributed by atoms with van der Waals surface area (Å²) in [5, 5.41) is 11.9. The summed E-state index contributed by atoms with van der Waals surface area (Å²) >= 11 is 2.50. The summed E-state index contributed by atoms with van der Waals surface area (Å²) in [5.41, 5.74) is 8.77. The van der Waals surface area contributed by atoms with E-state index in [9.17, 15) is 4.79 Å².